The molecule has 1 saturated heterocycles. The lowest BCUT2D eigenvalue weighted by atomic mass is 10.1. The first-order valence-corrected chi connectivity index (χ1v) is 6.43. The van der Waals surface area contributed by atoms with Gasteiger partial charge in [-0.05, 0) is 31.6 Å². The molecule has 1 atom stereocenters. The van der Waals surface area contributed by atoms with Crippen LogP contribution in [0.3, 0.4) is 0 Å². The van der Waals surface area contributed by atoms with Gasteiger partial charge in [0.1, 0.15) is 5.75 Å². The van der Waals surface area contributed by atoms with Crippen molar-refractivity contribution >= 4 is 5.65 Å². The molecule has 5 nitrogen and oxygen atoms in total. The summed E-state index contributed by atoms with van der Waals surface area (Å²) >= 11 is 0. The maximum atomic E-state index is 5.19. The number of likely N-dealkylation sites (N-methyl/N-ethyl adjacent to an activating group) is 1. The van der Waals surface area contributed by atoms with Crippen LogP contribution in [0.1, 0.15) is 25.1 Å². The molecule has 0 N–H and O–H groups in total. The van der Waals surface area contributed by atoms with E-state index in [9.17, 15) is 0 Å². The van der Waals surface area contributed by atoms with E-state index in [1.165, 1.54) is 0 Å². The lowest BCUT2D eigenvalue weighted by Crippen LogP contribution is -2.19. The highest BCUT2D eigenvalue weighted by Gasteiger charge is 2.26. The van der Waals surface area contributed by atoms with Gasteiger partial charge < -0.3 is 9.64 Å². The van der Waals surface area contributed by atoms with Gasteiger partial charge in [-0.15, -0.1) is 0 Å². The highest BCUT2D eigenvalue weighted by Crippen LogP contribution is 2.25. The second-order valence-corrected chi connectivity index (χ2v) is 4.72. The number of hydrogen-bond donors (Lipinski definition) is 0. The van der Waals surface area contributed by atoms with Crippen LogP contribution in [0.4, 0.5) is 0 Å². The molecule has 96 valence electrons. The van der Waals surface area contributed by atoms with Gasteiger partial charge in [0, 0.05) is 12.5 Å². The number of nitrogens with zero attached hydrogens (tertiary/aromatic N) is 4. The molecule has 5 heteroatoms. The normalized spacial score (nSPS) is 20.7. The predicted octanol–water partition coefficient (Wildman–Crippen LogP) is 1.55. The van der Waals surface area contributed by atoms with Gasteiger partial charge in [0.25, 0.3) is 0 Å². The van der Waals surface area contributed by atoms with Crippen LogP contribution in [0.5, 0.6) is 5.75 Å². The van der Waals surface area contributed by atoms with E-state index in [2.05, 4.69) is 21.9 Å². The molecular formula is C13H18N4O. The number of likely N-dealkylation sites (tertiary alicyclic amines) is 1. The van der Waals surface area contributed by atoms with Gasteiger partial charge in [0.2, 0.25) is 0 Å². The molecule has 18 heavy (non-hydrogen) atoms. The summed E-state index contributed by atoms with van der Waals surface area (Å²) in [6.07, 6.45) is 3.03. The molecular weight excluding hydrogens is 228 g/mol. The van der Waals surface area contributed by atoms with E-state index in [4.69, 9.17) is 4.74 Å². The van der Waals surface area contributed by atoms with E-state index in [1.807, 2.05) is 22.8 Å². The van der Waals surface area contributed by atoms with Crippen LogP contribution in [-0.4, -0.2) is 46.2 Å². The first-order chi connectivity index (χ1) is 8.80. The maximum Gasteiger partial charge on any atom is 0.156 e. The van der Waals surface area contributed by atoms with Crippen LogP contribution in [0.15, 0.2) is 18.3 Å². The van der Waals surface area contributed by atoms with Gasteiger partial charge in [0.05, 0.1) is 13.3 Å². The average Bonchev–Trinajstić information content (AvgIpc) is 3.03. The number of rotatable bonds is 3. The van der Waals surface area contributed by atoms with Gasteiger partial charge in [-0.25, -0.2) is 9.50 Å². The second-order valence-electron chi connectivity index (χ2n) is 4.72. The molecule has 0 aliphatic carbocycles. The van der Waals surface area contributed by atoms with Crippen LogP contribution in [0, 0.1) is 0 Å². The Labute approximate surface area is 106 Å². The maximum absolute atomic E-state index is 5.19. The number of hydrogen-bond acceptors (Lipinski definition) is 4. The molecule has 0 radical (unpaired) electrons. The van der Waals surface area contributed by atoms with Crippen molar-refractivity contribution in [3.8, 4) is 5.75 Å². The van der Waals surface area contributed by atoms with Gasteiger partial charge in [-0.2, -0.15) is 5.10 Å². The summed E-state index contributed by atoms with van der Waals surface area (Å²) in [5.41, 5.74) is 0.890. The van der Waals surface area contributed by atoms with Crippen LogP contribution >= 0.6 is 0 Å². The van der Waals surface area contributed by atoms with Crippen molar-refractivity contribution in [1.29, 1.82) is 0 Å². The molecule has 2 aromatic heterocycles. The second kappa shape index (κ2) is 4.57. The SMILES string of the molecule is CCN1CCC(c2nc3ccc(OC)cn3n2)C1. The van der Waals surface area contributed by atoms with Crippen molar-refractivity contribution in [2.24, 2.45) is 0 Å². The minimum absolute atomic E-state index is 0.468. The third-order valence-electron chi connectivity index (χ3n) is 3.64. The summed E-state index contributed by atoms with van der Waals surface area (Å²) in [5, 5.41) is 4.57. The van der Waals surface area contributed by atoms with Crippen LogP contribution in [-0.2, 0) is 0 Å². The lowest BCUT2D eigenvalue weighted by molar-refractivity contribution is 0.352. The van der Waals surface area contributed by atoms with E-state index in [-0.39, 0.29) is 0 Å². The van der Waals surface area contributed by atoms with Gasteiger partial charge in [-0.1, -0.05) is 6.92 Å². The smallest absolute Gasteiger partial charge is 0.156 e. The van der Waals surface area contributed by atoms with Crippen molar-refractivity contribution in [3.63, 3.8) is 0 Å². The third kappa shape index (κ3) is 1.95. The first kappa shape index (κ1) is 11.5. The van der Waals surface area contributed by atoms with E-state index < -0.39 is 0 Å². The Morgan fingerprint density at radius 3 is 3.06 bits per heavy atom. The lowest BCUT2D eigenvalue weighted by Gasteiger charge is -2.10. The molecule has 0 amide bonds. The van der Waals surface area contributed by atoms with E-state index in [0.717, 1.165) is 43.3 Å². The molecule has 1 fully saturated rings. The van der Waals surface area contributed by atoms with Crippen LogP contribution in [0.2, 0.25) is 0 Å². The Balaban J connectivity index is 1.89. The summed E-state index contributed by atoms with van der Waals surface area (Å²) in [4.78, 5) is 7.05. The number of aromatic nitrogens is 3. The molecule has 0 aromatic carbocycles. The summed E-state index contributed by atoms with van der Waals surface area (Å²) in [6, 6.07) is 3.86. The number of ether oxygens (including phenoxy) is 1. The minimum atomic E-state index is 0.468. The zero-order valence-electron chi connectivity index (χ0n) is 10.8. The zero-order valence-corrected chi connectivity index (χ0v) is 10.8. The largest absolute Gasteiger partial charge is 0.495 e. The van der Waals surface area contributed by atoms with Crippen molar-refractivity contribution in [3.05, 3.63) is 24.2 Å². The standard InChI is InChI=1S/C13H18N4O/c1-3-16-7-6-10(8-16)13-14-12-5-4-11(18-2)9-17(12)15-13/h4-5,9-10H,3,6-8H2,1-2H3. The molecule has 0 bridgehead atoms. The Kier molecular flexibility index (Phi) is 2.91. The monoisotopic (exact) mass is 246 g/mol. The molecule has 0 saturated carbocycles. The quantitative estimate of drug-likeness (QED) is 0.824. The fourth-order valence-electron chi connectivity index (χ4n) is 2.51. The minimum Gasteiger partial charge on any atom is -0.495 e. The van der Waals surface area contributed by atoms with Crippen molar-refractivity contribution < 1.29 is 4.74 Å². The summed E-state index contributed by atoms with van der Waals surface area (Å²) in [7, 11) is 1.66. The molecule has 1 aliphatic rings. The van der Waals surface area contributed by atoms with Gasteiger partial charge in [0.15, 0.2) is 11.5 Å². The average molecular weight is 246 g/mol. The van der Waals surface area contributed by atoms with Crippen molar-refractivity contribution in [1.82, 2.24) is 19.5 Å². The van der Waals surface area contributed by atoms with Gasteiger partial charge >= 0.3 is 0 Å². The molecule has 1 aliphatic heterocycles. The molecule has 1 unspecified atom stereocenters. The Morgan fingerprint density at radius 2 is 2.33 bits per heavy atom. The topological polar surface area (TPSA) is 42.7 Å². The van der Waals surface area contributed by atoms with E-state index in [0.29, 0.717) is 5.92 Å². The van der Waals surface area contributed by atoms with Crippen LogP contribution in [0.25, 0.3) is 5.65 Å². The van der Waals surface area contributed by atoms with Crippen molar-refractivity contribution in [2.75, 3.05) is 26.7 Å². The molecule has 2 aromatic rings. The van der Waals surface area contributed by atoms with Crippen LogP contribution < -0.4 is 4.74 Å². The zero-order chi connectivity index (χ0) is 12.5. The summed E-state index contributed by atoms with van der Waals surface area (Å²) in [6.45, 7) is 5.53. The Morgan fingerprint density at radius 1 is 1.44 bits per heavy atom. The number of pyridine rings is 1. The molecule has 3 heterocycles. The predicted molar refractivity (Wildman–Crippen MR) is 69.0 cm³/mol. The highest BCUT2D eigenvalue weighted by molar-refractivity contribution is 5.41. The first-order valence-electron chi connectivity index (χ1n) is 6.43. The van der Waals surface area contributed by atoms with E-state index in [1.54, 1.807) is 7.11 Å². The van der Waals surface area contributed by atoms with Gasteiger partial charge in [-0.3, -0.25) is 0 Å². The summed E-state index contributed by atoms with van der Waals surface area (Å²) < 4.78 is 7.00. The molecule has 0 spiro atoms. The van der Waals surface area contributed by atoms with E-state index >= 15 is 0 Å². The summed E-state index contributed by atoms with van der Waals surface area (Å²) in [5.74, 6) is 2.23. The Hall–Kier alpha value is -1.62. The third-order valence-corrected chi connectivity index (χ3v) is 3.64. The van der Waals surface area contributed by atoms with Crippen molar-refractivity contribution in [2.45, 2.75) is 19.3 Å². The molecule has 3 rings (SSSR count). The fraction of sp³-hybridized carbons (Fsp3) is 0.538. The number of fused-ring (bicyclic) bond motifs is 1. The Bertz CT molecular complexity index is 551. The fourth-order valence-corrected chi connectivity index (χ4v) is 2.51. The number of methoxy groups -OCH3 is 1. The highest BCUT2D eigenvalue weighted by atomic mass is 16.5.